The molecule has 0 bridgehead atoms. The summed E-state index contributed by atoms with van der Waals surface area (Å²) in [5, 5.41) is 9.94. The first kappa shape index (κ1) is 18.5. The van der Waals surface area contributed by atoms with E-state index < -0.39 is 0 Å². The second kappa shape index (κ2) is 7.64. The molecule has 6 heteroatoms. The second-order valence-corrected chi connectivity index (χ2v) is 7.79. The van der Waals surface area contributed by atoms with Crippen LogP contribution >= 0.6 is 0 Å². The third-order valence-electron chi connectivity index (χ3n) is 5.61. The number of nitrogens with zero attached hydrogens (tertiary/aromatic N) is 5. The van der Waals surface area contributed by atoms with Gasteiger partial charge in [-0.05, 0) is 50.0 Å². The van der Waals surface area contributed by atoms with E-state index in [4.69, 9.17) is 0 Å². The van der Waals surface area contributed by atoms with Gasteiger partial charge in [-0.3, -0.25) is 4.68 Å². The average Bonchev–Trinajstić information content (AvgIpc) is 3.14. The molecule has 2 aromatic heterocycles. The largest absolute Gasteiger partial charge is 0.359 e. The summed E-state index contributed by atoms with van der Waals surface area (Å²) in [6, 6.07) is 9.16. The number of anilines is 1. The number of hydrogen-bond acceptors (Lipinski definition) is 5. The van der Waals surface area contributed by atoms with Crippen molar-refractivity contribution in [1.29, 1.82) is 0 Å². The zero-order chi connectivity index (χ0) is 19.7. The van der Waals surface area contributed by atoms with Crippen LogP contribution in [0, 0.1) is 0 Å². The topological polar surface area (TPSA) is 49.2 Å². The molecule has 1 aliphatic heterocycles. The molecule has 0 atom stereocenters. The number of aromatic nitrogens is 3. The van der Waals surface area contributed by atoms with Gasteiger partial charge >= 0.3 is 0 Å². The molecule has 28 heavy (non-hydrogen) atoms. The van der Waals surface area contributed by atoms with Crippen molar-refractivity contribution in [3.63, 3.8) is 0 Å². The van der Waals surface area contributed by atoms with E-state index in [0.717, 1.165) is 59.5 Å². The van der Waals surface area contributed by atoms with Crippen molar-refractivity contribution >= 4 is 16.6 Å². The maximum atomic E-state index is 4.57. The highest BCUT2D eigenvalue weighted by molar-refractivity contribution is 5.88. The van der Waals surface area contributed by atoms with Crippen LogP contribution in [0.3, 0.4) is 0 Å². The van der Waals surface area contributed by atoms with Crippen molar-refractivity contribution in [3.8, 4) is 11.1 Å². The minimum absolute atomic E-state index is 0.661. The number of nitrogens with one attached hydrogen (secondary N) is 1. The van der Waals surface area contributed by atoms with Gasteiger partial charge in [-0.25, -0.2) is 4.98 Å². The van der Waals surface area contributed by atoms with Crippen molar-refractivity contribution in [2.24, 2.45) is 7.05 Å². The quantitative estimate of drug-likeness (QED) is 0.738. The van der Waals surface area contributed by atoms with Crippen LogP contribution in [0.25, 0.3) is 21.9 Å². The lowest BCUT2D eigenvalue weighted by Gasteiger charge is -2.37. The van der Waals surface area contributed by atoms with Crippen LogP contribution in [0.1, 0.15) is 12.8 Å². The van der Waals surface area contributed by atoms with Gasteiger partial charge in [-0.2, -0.15) is 5.10 Å². The minimum atomic E-state index is 0.661. The number of hydrogen-bond donors (Lipinski definition) is 1. The Labute approximate surface area is 166 Å². The fourth-order valence-electron chi connectivity index (χ4n) is 3.84. The Balaban J connectivity index is 1.49. The fraction of sp³-hybridized carbons (Fsp3) is 0.364. The van der Waals surface area contributed by atoms with Crippen LogP contribution in [-0.2, 0) is 7.05 Å². The molecule has 0 saturated carbocycles. The Morgan fingerprint density at radius 3 is 2.57 bits per heavy atom. The molecular weight excluding hydrogens is 348 g/mol. The molecule has 1 fully saturated rings. The van der Waals surface area contributed by atoms with Gasteiger partial charge in [-0.1, -0.05) is 18.7 Å². The third-order valence-corrected chi connectivity index (χ3v) is 5.61. The number of piperidine rings is 1. The number of likely N-dealkylation sites (tertiary alicyclic amines) is 1. The first-order valence-corrected chi connectivity index (χ1v) is 9.76. The average molecular weight is 377 g/mol. The van der Waals surface area contributed by atoms with E-state index in [-0.39, 0.29) is 0 Å². The molecule has 0 spiro atoms. The van der Waals surface area contributed by atoms with Crippen molar-refractivity contribution < 1.29 is 0 Å². The molecule has 1 aromatic carbocycles. The first-order valence-electron chi connectivity index (χ1n) is 9.76. The van der Waals surface area contributed by atoms with Gasteiger partial charge in [0.1, 0.15) is 5.82 Å². The van der Waals surface area contributed by atoms with E-state index in [0.29, 0.717) is 6.04 Å². The Morgan fingerprint density at radius 1 is 1.11 bits per heavy atom. The first-order chi connectivity index (χ1) is 13.5. The summed E-state index contributed by atoms with van der Waals surface area (Å²) in [6.45, 7) is 6.28. The molecule has 0 amide bonds. The van der Waals surface area contributed by atoms with Crippen LogP contribution in [0.5, 0.6) is 0 Å². The second-order valence-electron chi connectivity index (χ2n) is 7.79. The zero-order valence-electron chi connectivity index (χ0n) is 16.9. The molecule has 1 aliphatic rings. The smallest absolute Gasteiger partial charge is 0.131 e. The minimum Gasteiger partial charge on any atom is -0.359 e. The lowest BCUT2D eigenvalue weighted by atomic mass is 10.0. The Bertz CT molecular complexity index is 982. The molecule has 0 aliphatic carbocycles. The summed E-state index contributed by atoms with van der Waals surface area (Å²) in [4.78, 5) is 9.20. The molecule has 4 rings (SSSR count). The van der Waals surface area contributed by atoms with Crippen molar-refractivity contribution in [1.82, 2.24) is 24.6 Å². The standard InChI is InChI=1S/C22H28N6/c1-16(28-9-7-21(8-10-28)26(2)3)25-22-12-19-11-17(5-6-18(19)13-23-22)20-14-24-27(4)15-20/h5-6,11-15,21H,1,7-10H2,2-4H3,(H,23,25). The molecule has 1 saturated heterocycles. The van der Waals surface area contributed by atoms with Crippen molar-refractivity contribution in [2.75, 3.05) is 32.5 Å². The van der Waals surface area contributed by atoms with Gasteiger partial charge in [0.05, 0.1) is 12.0 Å². The van der Waals surface area contributed by atoms with Gasteiger partial charge < -0.3 is 15.1 Å². The van der Waals surface area contributed by atoms with Crippen LogP contribution in [0.2, 0.25) is 0 Å². The molecular formula is C22H28N6. The predicted molar refractivity (Wildman–Crippen MR) is 115 cm³/mol. The monoisotopic (exact) mass is 376 g/mol. The Kier molecular flexibility index (Phi) is 5.05. The zero-order valence-corrected chi connectivity index (χ0v) is 16.9. The summed E-state index contributed by atoms with van der Waals surface area (Å²) in [6.07, 6.45) is 8.15. The van der Waals surface area contributed by atoms with Gasteiger partial charge in [0.25, 0.3) is 0 Å². The van der Waals surface area contributed by atoms with Crippen molar-refractivity contribution in [3.05, 3.63) is 55.3 Å². The van der Waals surface area contributed by atoms with E-state index in [1.807, 2.05) is 30.3 Å². The molecule has 3 heterocycles. The normalized spacial score (nSPS) is 15.4. The number of fused-ring (bicyclic) bond motifs is 1. The lowest BCUT2D eigenvalue weighted by molar-refractivity contribution is 0.172. The van der Waals surface area contributed by atoms with E-state index in [1.165, 1.54) is 0 Å². The predicted octanol–water partition coefficient (Wildman–Crippen LogP) is 3.54. The fourth-order valence-corrected chi connectivity index (χ4v) is 3.84. The van der Waals surface area contributed by atoms with Gasteiger partial charge in [0.2, 0.25) is 0 Å². The van der Waals surface area contributed by atoms with Gasteiger partial charge in [-0.15, -0.1) is 0 Å². The molecule has 0 radical (unpaired) electrons. The summed E-state index contributed by atoms with van der Waals surface area (Å²) in [5.74, 6) is 1.75. The number of pyridine rings is 1. The number of aryl methyl sites for hydroxylation is 1. The van der Waals surface area contributed by atoms with Crippen LogP contribution in [-0.4, -0.2) is 57.8 Å². The molecule has 146 valence electrons. The number of benzene rings is 1. The highest BCUT2D eigenvalue weighted by Crippen LogP contribution is 2.26. The summed E-state index contributed by atoms with van der Waals surface area (Å²) in [7, 11) is 6.25. The van der Waals surface area contributed by atoms with Crippen molar-refractivity contribution in [2.45, 2.75) is 18.9 Å². The summed E-state index contributed by atoms with van der Waals surface area (Å²) >= 11 is 0. The van der Waals surface area contributed by atoms with Gasteiger partial charge in [0.15, 0.2) is 0 Å². The van der Waals surface area contributed by atoms with E-state index in [1.54, 1.807) is 0 Å². The van der Waals surface area contributed by atoms with Gasteiger partial charge in [0, 0.05) is 49.5 Å². The number of rotatable bonds is 5. The van der Waals surface area contributed by atoms with E-state index in [2.05, 4.69) is 70.1 Å². The lowest BCUT2D eigenvalue weighted by Crippen LogP contribution is -2.42. The summed E-state index contributed by atoms with van der Waals surface area (Å²) < 4.78 is 1.82. The maximum absolute atomic E-state index is 4.57. The Morgan fingerprint density at radius 2 is 1.89 bits per heavy atom. The van der Waals surface area contributed by atoms with E-state index in [9.17, 15) is 0 Å². The molecule has 3 aromatic rings. The van der Waals surface area contributed by atoms with E-state index >= 15 is 0 Å². The highest BCUT2D eigenvalue weighted by Gasteiger charge is 2.21. The van der Waals surface area contributed by atoms with Crippen LogP contribution in [0.4, 0.5) is 5.82 Å². The molecule has 0 unspecified atom stereocenters. The highest BCUT2D eigenvalue weighted by atomic mass is 15.3. The third kappa shape index (κ3) is 3.87. The van der Waals surface area contributed by atoms with Crippen LogP contribution in [0.15, 0.2) is 55.3 Å². The summed E-state index contributed by atoms with van der Waals surface area (Å²) in [5.41, 5.74) is 2.27. The van der Waals surface area contributed by atoms with Crippen LogP contribution < -0.4 is 5.32 Å². The molecule has 6 nitrogen and oxygen atoms in total. The molecule has 1 N–H and O–H groups in total. The Hall–Kier alpha value is -2.86. The SMILES string of the molecule is C=C(Nc1cc2cc(-c3cnn(C)c3)ccc2cn1)N1CCC(N(C)C)CC1. The maximum Gasteiger partial charge on any atom is 0.131 e.